The predicted octanol–water partition coefficient (Wildman–Crippen LogP) is 4.42. The predicted molar refractivity (Wildman–Crippen MR) is 118 cm³/mol. The first-order valence-electron chi connectivity index (χ1n) is 10.3. The zero-order valence-corrected chi connectivity index (χ0v) is 18.9. The molecule has 4 rings (SSSR count). The Balaban J connectivity index is 1.55. The molecule has 0 saturated carbocycles. The highest BCUT2D eigenvalue weighted by Gasteiger charge is 2.42. The number of hydrogen-bond donors (Lipinski definition) is 1. The van der Waals surface area contributed by atoms with E-state index < -0.39 is 24.5 Å². The summed E-state index contributed by atoms with van der Waals surface area (Å²) in [5.74, 6) is -0.636. The van der Waals surface area contributed by atoms with Crippen LogP contribution < -0.4 is 10.2 Å². The zero-order valence-electron chi connectivity index (χ0n) is 18.1. The topological polar surface area (TPSA) is 98.1 Å². The van der Waals surface area contributed by atoms with Gasteiger partial charge in [0.05, 0.1) is 24.1 Å². The molecule has 1 saturated heterocycles. The number of nitrogens with zero attached hydrogens (tertiary/aromatic N) is 6. The summed E-state index contributed by atoms with van der Waals surface area (Å²) in [5, 5.41) is 3.77. The van der Waals surface area contributed by atoms with Crippen molar-refractivity contribution in [1.29, 1.82) is 0 Å². The molecule has 3 aromatic rings. The number of halogens is 3. The Kier molecular flexibility index (Phi) is 6.41. The molecule has 33 heavy (non-hydrogen) atoms. The third-order valence-electron chi connectivity index (χ3n) is 5.38. The summed E-state index contributed by atoms with van der Waals surface area (Å²) in [6.07, 6.45) is 0.146. The van der Waals surface area contributed by atoms with Crippen molar-refractivity contribution in [3.63, 3.8) is 0 Å². The van der Waals surface area contributed by atoms with Crippen LogP contribution in [0.15, 0.2) is 36.8 Å². The van der Waals surface area contributed by atoms with E-state index in [-0.39, 0.29) is 24.5 Å². The number of anilines is 2. The molecule has 0 bridgehead atoms. The Bertz CT molecular complexity index is 1140. The number of carbonyl (C=O) groups excluding carboxylic acids is 1. The first-order valence-corrected chi connectivity index (χ1v) is 10.6. The van der Waals surface area contributed by atoms with E-state index in [0.29, 0.717) is 16.5 Å². The number of aromatic nitrogens is 5. The Hall–Kier alpha value is -3.34. The number of benzene rings is 1. The average Bonchev–Trinajstić information content (AvgIpc) is 3.40. The number of alkyl halides is 2. The minimum atomic E-state index is -2.62. The van der Waals surface area contributed by atoms with Gasteiger partial charge in [0.1, 0.15) is 12.4 Å². The molecule has 1 unspecified atom stereocenters. The van der Waals surface area contributed by atoms with E-state index in [1.807, 2.05) is 29.8 Å². The van der Waals surface area contributed by atoms with E-state index >= 15 is 0 Å². The second-order valence-electron chi connectivity index (χ2n) is 7.76. The van der Waals surface area contributed by atoms with Gasteiger partial charge in [0.15, 0.2) is 0 Å². The number of amides is 1. The standard InChI is InChI=1S/C21H22ClF2N7O2/c1-11(18(23)24)17-9-33-21(32)31(17)20-28-13(3)27-19(29-20)26-12(2)16-8-30(10-25-16)15-6-4-14(22)5-7-15/h4-8,10-12,17-18H,9H2,1-3H3,(H,26,27,28,29)/t11-,12-,17?/m0/s1. The van der Waals surface area contributed by atoms with Gasteiger partial charge in [-0.3, -0.25) is 0 Å². The minimum absolute atomic E-state index is 0.0381. The Labute approximate surface area is 193 Å². The number of hydrogen-bond acceptors (Lipinski definition) is 7. The largest absolute Gasteiger partial charge is 0.447 e. The summed E-state index contributed by atoms with van der Waals surface area (Å²) in [6.45, 7) is 4.70. The molecular formula is C21H22ClF2N7O2. The molecular weight excluding hydrogens is 456 g/mol. The van der Waals surface area contributed by atoms with Crippen LogP contribution >= 0.6 is 11.6 Å². The molecule has 12 heteroatoms. The number of rotatable bonds is 7. The van der Waals surface area contributed by atoms with E-state index in [1.54, 1.807) is 25.4 Å². The molecule has 1 aromatic carbocycles. The van der Waals surface area contributed by atoms with Gasteiger partial charge in [-0.1, -0.05) is 18.5 Å². The Morgan fingerprint density at radius 3 is 2.61 bits per heavy atom. The summed E-state index contributed by atoms with van der Waals surface area (Å²) < 4.78 is 33.4. The number of imidazole rings is 1. The first kappa shape index (κ1) is 22.8. The van der Waals surface area contributed by atoms with Crippen LogP contribution in [0.2, 0.25) is 5.02 Å². The second-order valence-corrected chi connectivity index (χ2v) is 8.20. The molecule has 1 amide bonds. The molecule has 1 N–H and O–H groups in total. The van der Waals surface area contributed by atoms with E-state index in [4.69, 9.17) is 16.3 Å². The number of aryl methyl sites for hydroxylation is 1. The number of carbonyl (C=O) groups is 1. The van der Waals surface area contributed by atoms with Crippen LogP contribution in [0.3, 0.4) is 0 Å². The van der Waals surface area contributed by atoms with Crippen LogP contribution in [-0.2, 0) is 4.74 Å². The van der Waals surface area contributed by atoms with E-state index in [0.717, 1.165) is 10.6 Å². The summed E-state index contributed by atoms with van der Waals surface area (Å²) in [4.78, 5) is 30.5. The van der Waals surface area contributed by atoms with Crippen LogP contribution in [0.5, 0.6) is 0 Å². The molecule has 3 heterocycles. The Morgan fingerprint density at radius 1 is 1.18 bits per heavy atom. The third-order valence-corrected chi connectivity index (χ3v) is 5.63. The van der Waals surface area contributed by atoms with Crippen molar-refractivity contribution in [3.05, 3.63) is 53.3 Å². The summed E-state index contributed by atoms with van der Waals surface area (Å²) >= 11 is 5.94. The minimum Gasteiger partial charge on any atom is -0.447 e. The van der Waals surface area contributed by atoms with Crippen molar-refractivity contribution in [2.75, 3.05) is 16.8 Å². The maximum absolute atomic E-state index is 13.3. The van der Waals surface area contributed by atoms with Crippen LogP contribution in [0.1, 0.15) is 31.4 Å². The van der Waals surface area contributed by atoms with Gasteiger partial charge in [-0.05, 0) is 38.1 Å². The van der Waals surface area contributed by atoms with E-state index in [1.165, 1.54) is 6.92 Å². The lowest BCUT2D eigenvalue weighted by atomic mass is 10.0. The maximum atomic E-state index is 13.3. The van der Waals surface area contributed by atoms with Gasteiger partial charge in [-0.15, -0.1) is 0 Å². The molecule has 0 spiro atoms. The number of cyclic esters (lactones) is 1. The molecule has 9 nitrogen and oxygen atoms in total. The first-order chi connectivity index (χ1) is 15.7. The van der Waals surface area contributed by atoms with Gasteiger partial charge in [-0.2, -0.15) is 15.0 Å². The Morgan fingerprint density at radius 2 is 1.91 bits per heavy atom. The van der Waals surface area contributed by atoms with Crippen molar-refractivity contribution in [3.8, 4) is 5.69 Å². The fraction of sp³-hybridized carbons (Fsp3) is 0.381. The zero-order chi connectivity index (χ0) is 23.7. The highest BCUT2D eigenvalue weighted by atomic mass is 35.5. The fourth-order valence-corrected chi connectivity index (χ4v) is 3.57. The fourth-order valence-electron chi connectivity index (χ4n) is 3.44. The van der Waals surface area contributed by atoms with Crippen molar-refractivity contribution in [1.82, 2.24) is 24.5 Å². The van der Waals surface area contributed by atoms with Gasteiger partial charge >= 0.3 is 6.09 Å². The lowest BCUT2D eigenvalue weighted by molar-refractivity contribution is 0.0684. The van der Waals surface area contributed by atoms with Crippen molar-refractivity contribution in [2.45, 2.75) is 39.3 Å². The average molecular weight is 478 g/mol. The third kappa shape index (κ3) is 4.87. The van der Waals surface area contributed by atoms with Gasteiger partial charge in [-0.25, -0.2) is 23.5 Å². The van der Waals surface area contributed by atoms with Gasteiger partial charge in [0, 0.05) is 22.8 Å². The van der Waals surface area contributed by atoms with Gasteiger partial charge in [0.25, 0.3) is 0 Å². The molecule has 174 valence electrons. The molecule has 3 atom stereocenters. The lowest BCUT2D eigenvalue weighted by Crippen LogP contribution is -2.42. The van der Waals surface area contributed by atoms with Crippen molar-refractivity contribution >= 4 is 29.6 Å². The van der Waals surface area contributed by atoms with Gasteiger partial charge < -0.3 is 14.6 Å². The van der Waals surface area contributed by atoms with Crippen LogP contribution in [-0.4, -0.2) is 49.7 Å². The molecule has 1 aliphatic rings. The van der Waals surface area contributed by atoms with Crippen molar-refractivity contribution < 1.29 is 18.3 Å². The highest BCUT2D eigenvalue weighted by Crippen LogP contribution is 2.28. The van der Waals surface area contributed by atoms with Crippen LogP contribution in [0.4, 0.5) is 25.5 Å². The summed E-state index contributed by atoms with van der Waals surface area (Å²) in [5.41, 5.74) is 1.62. The highest BCUT2D eigenvalue weighted by molar-refractivity contribution is 6.30. The monoisotopic (exact) mass is 477 g/mol. The smallest absolute Gasteiger partial charge is 0.417 e. The van der Waals surface area contributed by atoms with Gasteiger partial charge in [0.2, 0.25) is 18.3 Å². The molecule has 0 aliphatic carbocycles. The lowest BCUT2D eigenvalue weighted by Gasteiger charge is -2.24. The quantitative estimate of drug-likeness (QED) is 0.538. The number of ether oxygens (including phenoxy) is 1. The maximum Gasteiger partial charge on any atom is 0.417 e. The molecule has 1 aliphatic heterocycles. The summed E-state index contributed by atoms with van der Waals surface area (Å²) in [6, 6.07) is 6.16. The number of nitrogens with one attached hydrogen (secondary N) is 1. The SMILES string of the molecule is Cc1nc(N[C@@H](C)c2cn(-c3ccc(Cl)cc3)cn2)nc(N2C(=O)OCC2[C@H](C)C(F)F)n1. The molecule has 1 fully saturated rings. The second kappa shape index (κ2) is 9.26. The molecule has 2 aromatic heterocycles. The van der Waals surface area contributed by atoms with E-state index in [9.17, 15) is 13.6 Å². The normalized spacial score (nSPS) is 17.8. The van der Waals surface area contributed by atoms with Crippen LogP contribution in [0.25, 0.3) is 5.69 Å². The molecule has 0 radical (unpaired) electrons. The van der Waals surface area contributed by atoms with Crippen molar-refractivity contribution in [2.24, 2.45) is 5.92 Å². The summed E-state index contributed by atoms with van der Waals surface area (Å²) in [7, 11) is 0. The van der Waals surface area contributed by atoms with E-state index in [2.05, 4.69) is 25.3 Å². The van der Waals surface area contributed by atoms with Crippen LogP contribution in [0, 0.1) is 12.8 Å².